The largest absolute Gasteiger partial charge is 0.492 e. The van der Waals surface area contributed by atoms with Crippen LogP contribution in [-0.4, -0.2) is 42.7 Å². The van der Waals surface area contributed by atoms with E-state index in [-0.39, 0.29) is 24.1 Å². The van der Waals surface area contributed by atoms with Gasteiger partial charge in [0.15, 0.2) is 0 Å². The fourth-order valence-corrected chi connectivity index (χ4v) is 2.98. The highest BCUT2D eigenvalue weighted by Crippen LogP contribution is 2.16. The van der Waals surface area contributed by atoms with Crippen molar-refractivity contribution in [2.24, 2.45) is 0 Å². The van der Waals surface area contributed by atoms with E-state index in [9.17, 15) is 12.8 Å². The molecular formula is C15H20FN3O3S. The van der Waals surface area contributed by atoms with Crippen LogP contribution >= 0.6 is 0 Å². The predicted octanol–water partition coefficient (Wildman–Crippen LogP) is 2.30. The van der Waals surface area contributed by atoms with Gasteiger partial charge in [-0.05, 0) is 26.0 Å². The standard InChI is InChI=1S/C15H20FN3O3S/c1-12(2)19-11-15(10-17-19)23(20,21)18(3)7-8-22-14-6-4-5-13(16)9-14/h4-6,9-12H,7-8H2,1-3H3. The minimum Gasteiger partial charge on any atom is -0.492 e. The zero-order chi connectivity index (χ0) is 17.0. The van der Waals surface area contributed by atoms with Gasteiger partial charge in [0, 0.05) is 31.9 Å². The number of likely N-dealkylation sites (N-methyl/N-ethyl adjacent to an activating group) is 1. The van der Waals surface area contributed by atoms with Gasteiger partial charge in [0.1, 0.15) is 23.1 Å². The lowest BCUT2D eigenvalue weighted by Crippen LogP contribution is -2.30. The van der Waals surface area contributed by atoms with Crippen LogP contribution in [0.3, 0.4) is 0 Å². The van der Waals surface area contributed by atoms with Gasteiger partial charge in [0.25, 0.3) is 0 Å². The molecule has 0 saturated heterocycles. The molecule has 0 aliphatic carbocycles. The van der Waals surface area contributed by atoms with Crippen LogP contribution in [0.4, 0.5) is 4.39 Å². The Morgan fingerprint density at radius 3 is 2.74 bits per heavy atom. The number of sulfonamides is 1. The summed E-state index contributed by atoms with van der Waals surface area (Å²) in [6.45, 7) is 4.10. The first-order chi connectivity index (χ1) is 10.8. The molecule has 23 heavy (non-hydrogen) atoms. The first kappa shape index (κ1) is 17.4. The maximum absolute atomic E-state index is 13.0. The Hall–Kier alpha value is -1.93. The van der Waals surface area contributed by atoms with Crippen molar-refractivity contribution in [2.45, 2.75) is 24.8 Å². The number of aromatic nitrogens is 2. The van der Waals surface area contributed by atoms with Gasteiger partial charge in [-0.2, -0.15) is 9.40 Å². The summed E-state index contributed by atoms with van der Waals surface area (Å²) in [5.74, 6) is -0.0343. The summed E-state index contributed by atoms with van der Waals surface area (Å²) in [5, 5.41) is 4.04. The molecule has 0 unspecified atom stereocenters. The maximum Gasteiger partial charge on any atom is 0.246 e. The van der Waals surface area contributed by atoms with Crippen molar-refractivity contribution >= 4 is 10.0 Å². The molecule has 0 amide bonds. The lowest BCUT2D eigenvalue weighted by atomic mass is 10.3. The molecule has 2 rings (SSSR count). The number of halogens is 1. The molecule has 0 bridgehead atoms. The molecule has 1 aromatic carbocycles. The van der Waals surface area contributed by atoms with Crippen LogP contribution in [0.1, 0.15) is 19.9 Å². The SMILES string of the molecule is CC(C)n1cc(S(=O)(=O)N(C)CCOc2cccc(F)c2)cn1. The monoisotopic (exact) mass is 341 g/mol. The third kappa shape index (κ3) is 4.29. The summed E-state index contributed by atoms with van der Waals surface area (Å²) in [5.41, 5.74) is 0. The third-order valence-electron chi connectivity index (χ3n) is 3.29. The molecular weight excluding hydrogens is 321 g/mol. The molecule has 1 aromatic heterocycles. The van der Waals surface area contributed by atoms with E-state index in [0.29, 0.717) is 5.75 Å². The molecule has 0 aliphatic rings. The third-order valence-corrected chi connectivity index (χ3v) is 5.10. The first-order valence-corrected chi connectivity index (χ1v) is 8.63. The molecule has 0 spiro atoms. The number of ether oxygens (including phenoxy) is 1. The van der Waals surface area contributed by atoms with Crippen LogP contribution in [0.2, 0.25) is 0 Å². The summed E-state index contributed by atoms with van der Waals surface area (Å²) in [6, 6.07) is 5.80. The highest BCUT2D eigenvalue weighted by atomic mass is 32.2. The van der Waals surface area contributed by atoms with E-state index in [0.717, 1.165) is 0 Å². The van der Waals surface area contributed by atoms with Gasteiger partial charge < -0.3 is 4.74 Å². The molecule has 126 valence electrons. The predicted molar refractivity (Wildman–Crippen MR) is 84.3 cm³/mol. The van der Waals surface area contributed by atoms with Gasteiger partial charge in [0.2, 0.25) is 10.0 Å². The summed E-state index contributed by atoms with van der Waals surface area (Å²) < 4.78 is 46.0. The summed E-state index contributed by atoms with van der Waals surface area (Å²) in [4.78, 5) is 0.138. The number of nitrogens with zero attached hydrogens (tertiary/aromatic N) is 3. The quantitative estimate of drug-likeness (QED) is 0.775. The maximum atomic E-state index is 13.0. The number of hydrogen-bond donors (Lipinski definition) is 0. The normalized spacial score (nSPS) is 12.1. The molecule has 1 heterocycles. The van der Waals surface area contributed by atoms with E-state index in [1.54, 1.807) is 10.7 Å². The van der Waals surface area contributed by atoms with Crippen LogP contribution in [0, 0.1) is 5.82 Å². The molecule has 0 N–H and O–H groups in total. The van der Waals surface area contributed by atoms with Crippen molar-refractivity contribution in [3.63, 3.8) is 0 Å². The first-order valence-electron chi connectivity index (χ1n) is 7.19. The Morgan fingerprint density at radius 1 is 1.39 bits per heavy atom. The molecule has 0 aliphatic heterocycles. The van der Waals surface area contributed by atoms with Crippen molar-refractivity contribution in [3.05, 3.63) is 42.5 Å². The fraction of sp³-hybridized carbons (Fsp3) is 0.400. The zero-order valence-electron chi connectivity index (χ0n) is 13.3. The van der Waals surface area contributed by atoms with Gasteiger partial charge in [-0.25, -0.2) is 12.8 Å². The Morgan fingerprint density at radius 2 is 2.13 bits per heavy atom. The minimum absolute atomic E-state index is 0.0839. The zero-order valence-corrected chi connectivity index (χ0v) is 14.1. The van der Waals surface area contributed by atoms with Crippen LogP contribution in [0.25, 0.3) is 0 Å². The highest BCUT2D eigenvalue weighted by molar-refractivity contribution is 7.89. The second-order valence-corrected chi connectivity index (χ2v) is 7.43. The molecule has 0 radical (unpaired) electrons. The Kier molecular flexibility index (Phi) is 5.38. The van der Waals surface area contributed by atoms with E-state index < -0.39 is 15.8 Å². The highest BCUT2D eigenvalue weighted by Gasteiger charge is 2.22. The van der Waals surface area contributed by atoms with Gasteiger partial charge in [-0.1, -0.05) is 6.07 Å². The number of rotatable bonds is 7. The fourth-order valence-electron chi connectivity index (χ4n) is 1.89. The van der Waals surface area contributed by atoms with Crippen molar-refractivity contribution in [1.82, 2.24) is 14.1 Å². The second kappa shape index (κ2) is 7.10. The molecule has 0 atom stereocenters. The van der Waals surface area contributed by atoms with Crippen LogP contribution in [0.15, 0.2) is 41.6 Å². The molecule has 6 nitrogen and oxygen atoms in total. The second-order valence-electron chi connectivity index (χ2n) is 5.38. The van der Waals surface area contributed by atoms with E-state index in [4.69, 9.17) is 4.74 Å². The molecule has 0 saturated carbocycles. The van der Waals surface area contributed by atoms with Crippen molar-refractivity contribution in [2.75, 3.05) is 20.2 Å². The van der Waals surface area contributed by atoms with E-state index >= 15 is 0 Å². The van der Waals surface area contributed by atoms with Crippen LogP contribution < -0.4 is 4.74 Å². The van der Waals surface area contributed by atoms with Gasteiger partial charge in [-0.15, -0.1) is 0 Å². The van der Waals surface area contributed by atoms with E-state index in [1.165, 1.54) is 41.9 Å². The van der Waals surface area contributed by atoms with Crippen molar-refractivity contribution in [1.29, 1.82) is 0 Å². The van der Waals surface area contributed by atoms with Gasteiger partial charge in [0.05, 0.1) is 6.20 Å². The van der Waals surface area contributed by atoms with E-state index in [1.807, 2.05) is 13.8 Å². The molecule has 8 heteroatoms. The Balaban J connectivity index is 1.97. The molecule has 0 fully saturated rings. The minimum atomic E-state index is -3.62. The van der Waals surface area contributed by atoms with Crippen LogP contribution in [0.5, 0.6) is 5.75 Å². The summed E-state index contributed by atoms with van der Waals surface area (Å²) in [7, 11) is -2.15. The number of hydrogen-bond acceptors (Lipinski definition) is 4. The summed E-state index contributed by atoms with van der Waals surface area (Å²) in [6.07, 6.45) is 2.84. The smallest absolute Gasteiger partial charge is 0.246 e. The van der Waals surface area contributed by atoms with Crippen molar-refractivity contribution in [3.8, 4) is 5.75 Å². The average Bonchev–Trinajstić information content (AvgIpc) is 2.98. The van der Waals surface area contributed by atoms with Crippen molar-refractivity contribution < 1.29 is 17.5 Å². The summed E-state index contributed by atoms with van der Waals surface area (Å²) >= 11 is 0. The topological polar surface area (TPSA) is 64.4 Å². The van der Waals surface area contributed by atoms with E-state index in [2.05, 4.69) is 5.10 Å². The lowest BCUT2D eigenvalue weighted by Gasteiger charge is -2.16. The Bertz CT molecular complexity index is 759. The number of benzene rings is 1. The van der Waals surface area contributed by atoms with Gasteiger partial charge in [-0.3, -0.25) is 4.68 Å². The Labute approximate surface area is 135 Å². The van der Waals surface area contributed by atoms with Gasteiger partial charge >= 0.3 is 0 Å². The van der Waals surface area contributed by atoms with Crippen LogP contribution in [-0.2, 0) is 10.0 Å². The lowest BCUT2D eigenvalue weighted by molar-refractivity contribution is 0.285. The average molecular weight is 341 g/mol. The molecule has 2 aromatic rings.